The standard InChI is InChI=1S/C5H8N2O2.C2H6/c1-4-2-3-6-5(4)7(8)9;1-2/h5-6H,1-3H2;1-2H3. The highest BCUT2D eigenvalue weighted by Gasteiger charge is 2.27. The lowest BCUT2D eigenvalue weighted by molar-refractivity contribution is -0.515. The maximum Gasteiger partial charge on any atom is 0.287 e. The SMILES string of the molecule is C=C1CCNC1[N+](=O)[O-].CC. The Labute approximate surface area is 66.4 Å². The van der Waals surface area contributed by atoms with Gasteiger partial charge in [-0.3, -0.25) is 15.4 Å². The highest BCUT2D eigenvalue weighted by molar-refractivity contribution is 5.05. The molecule has 1 saturated heterocycles. The molecule has 1 aliphatic heterocycles. The molecule has 0 amide bonds. The number of nitrogens with zero attached hydrogens (tertiary/aromatic N) is 1. The summed E-state index contributed by atoms with van der Waals surface area (Å²) >= 11 is 0. The molecule has 0 aromatic heterocycles. The number of hydrogen-bond donors (Lipinski definition) is 1. The van der Waals surface area contributed by atoms with E-state index in [4.69, 9.17) is 0 Å². The molecule has 0 bridgehead atoms. The number of hydrogen-bond acceptors (Lipinski definition) is 3. The number of nitrogens with one attached hydrogen (secondary N) is 1. The van der Waals surface area contributed by atoms with Gasteiger partial charge in [0.05, 0.1) is 0 Å². The van der Waals surface area contributed by atoms with Crippen LogP contribution in [0.2, 0.25) is 0 Å². The van der Waals surface area contributed by atoms with Gasteiger partial charge in [0, 0.05) is 17.0 Å². The molecule has 1 rings (SSSR count). The molecule has 4 heteroatoms. The minimum atomic E-state index is -0.690. The zero-order chi connectivity index (χ0) is 8.85. The van der Waals surface area contributed by atoms with Crippen LogP contribution < -0.4 is 5.32 Å². The summed E-state index contributed by atoms with van der Waals surface area (Å²) in [7, 11) is 0. The first kappa shape index (κ1) is 10.1. The van der Waals surface area contributed by atoms with Crippen LogP contribution in [0.15, 0.2) is 12.2 Å². The highest BCUT2D eigenvalue weighted by Crippen LogP contribution is 2.10. The van der Waals surface area contributed by atoms with Gasteiger partial charge >= 0.3 is 0 Å². The van der Waals surface area contributed by atoms with E-state index >= 15 is 0 Å². The molecule has 1 heterocycles. The zero-order valence-corrected chi connectivity index (χ0v) is 6.96. The van der Waals surface area contributed by atoms with Crippen molar-refractivity contribution in [2.45, 2.75) is 26.4 Å². The maximum absolute atomic E-state index is 10.1. The minimum Gasteiger partial charge on any atom is -0.262 e. The lowest BCUT2D eigenvalue weighted by Gasteiger charge is -1.99. The molecule has 11 heavy (non-hydrogen) atoms. The van der Waals surface area contributed by atoms with Gasteiger partial charge in [0.15, 0.2) is 0 Å². The van der Waals surface area contributed by atoms with Gasteiger partial charge in [-0.1, -0.05) is 20.4 Å². The Morgan fingerprint density at radius 3 is 2.45 bits per heavy atom. The fourth-order valence-electron chi connectivity index (χ4n) is 0.874. The third kappa shape index (κ3) is 2.67. The fraction of sp³-hybridized carbons (Fsp3) is 0.714. The van der Waals surface area contributed by atoms with E-state index in [2.05, 4.69) is 11.9 Å². The monoisotopic (exact) mass is 158 g/mol. The summed E-state index contributed by atoms with van der Waals surface area (Å²) in [5, 5.41) is 12.8. The van der Waals surface area contributed by atoms with Crippen LogP contribution in [0.1, 0.15) is 20.3 Å². The molecule has 0 radical (unpaired) electrons. The third-order valence-corrected chi connectivity index (χ3v) is 1.38. The van der Waals surface area contributed by atoms with Crippen LogP contribution >= 0.6 is 0 Å². The maximum atomic E-state index is 10.1. The normalized spacial score (nSPS) is 22.4. The van der Waals surface area contributed by atoms with E-state index in [0.29, 0.717) is 12.1 Å². The van der Waals surface area contributed by atoms with Crippen LogP contribution in [0, 0.1) is 10.1 Å². The van der Waals surface area contributed by atoms with E-state index in [0.717, 1.165) is 6.42 Å². The van der Waals surface area contributed by atoms with Crippen LogP contribution in [0.4, 0.5) is 0 Å². The molecule has 1 unspecified atom stereocenters. The van der Waals surface area contributed by atoms with Crippen molar-refractivity contribution in [3.8, 4) is 0 Å². The molecular weight excluding hydrogens is 144 g/mol. The smallest absolute Gasteiger partial charge is 0.262 e. The molecule has 64 valence electrons. The quantitative estimate of drug-likeness (QED) is 0.354. The van der Waals surface area contributed by atoms with Crippen molar-refractivity contribution in [3.63, 3.8) is 0 Å². The van der Waals surface area contributed by atoms with E-state index in [1.165, 1.54) is 0 Å². The van der Waals surface area contributed by atoms with Crippen molar-refractivity contribution >= 4 is 0 Å². The fourth-order valence-corrected chi connectivity index (χ4v) is 0.874. The Bertz CT molecular complexity index is 157. The first-order valence-electron chi connectivity index (χ1n) is 3.76. The zero-order valence-electron chi connectivity index (χ0n) is 6.96. The van der Waals surface area contributed by atoms with Crippen molar-refractivity contribution in [1.29, 1.82) is 0 Å². The van der Waals surface area contributed by atoms with E-state index in [-0.39, 0.29) is 4.92 Å². The van der Waals surface area contributed by atoms with Crippen LogP contribution in [0.5, 0.6) is 0 Å². The van der Waals surface area contributed by atoms with Crippen LogP contribution in [-0.2, 0) is 0 Å². The minimum absolute atomic E-state index is 0.352. The summed E-state index contributed by atoms with van der Waals surface area (Å²) in [6.45, 7) is 8.24. The third-order valence-electron chi connectivity index (χ3n) is 1.38. The molecule has 1 N–H and O–H groups in total. The van der Waals surface area contributed by atoms with Gasteiger partial charge in [-0.25, -0.2) is 0 Å². The summed E-state index contributed by atoms with van der Waals surface area (Å²) < 4.78 is 0. The van der Waals surface area contributed by atoms with Gasteiger partial charge in [0.25, 0.3) is 6.17 Å². The summed E-state index contributed by atoms with van der Waals surface area (Å²) in [5.41, 5.74) is 0.681. The Balaban J connectivity index is 0.000000461. The molecule has 0 aliphatic carbocycles. The first-order chi connectivity index (χ1) is 5.22. The van der Waals surface area contributed by atoms with Gasteiger partial charge in [0.1, 0.15) is 0 Å². The molecular formula is C7H14N2O2. The molecule has 0 saturated carbocycles. The molecule has 0 spiro atoms. The Hall–Kier alpha value is -0.900. The van der Waals surface area contributed by atoms with Gasteiger partial charge in [-0.2, -0.15) is 0 Å². The lowest BCUT2D eigenvalue weighted by Crippen LogP contribution is -2.30. The van der Waals surface area contributed by atoms with Crippen LogP contribution in [0.25, 0.3) is 0 Å². The van der Waals surface area contributed by atoms with Gasteiger partial charge in [0.2, 0.25) is 0 Å². The Morgan fingerprint density at radius 1 is 1.73 bits per heavy atom. The Morgan fingerprint density at radius 2 is 2.27 bits per heavy atom. The predicted octanol–water partition coefficient (Wildman–Crippen LogP) is 1.16. The second kappa shape index (κ2) is 4.85. The largest absolute Gasteiger partial charge is 0.287 e. The topological polar surface area (TPSA) is 55.2 Å². The van der Waals surface area contributed by atoms with Gasteiger partial charge in [-0.05, 0) is 6.42 Å². The molecule has 4 nitrogen and oxygen atoms in total. The van der Waals surface area contributed by atoms with Crippen molar-refractivity contribution in [1.82, 2.24) is 5.32 Å². The average molecular weight is 158 g/mol. The molecule has 0 aromatic rings. The van der Waals surface area contributed by atoms with Crippen molar-refractivity contribution < 1.29 is 4.92 Å². The Kier molecular flexibility index (Phi) is 4.45. The second-order valence-electron chi connectivity index (χ2n) is 2.05. The van der Waals surface area contributed by atoms with E-state index < -0.39 is 6.17 Å². The summed E-state index contributed by atoms with van der Waals surface area (Å²) in [6.07, 6.45) is 0.0380. The summed E-state index contributed by atoms with van der Waals surface area (Å²) in [4.78, 5) is 9.74. The second-order valence-corrected chi connectivity index (χ2v) is 2.05. The van der Waals surface area contributed by atoms with Crippen LogP contribution in [0.3, 0.4) is 0 Å². The van der Waals surface area contributed by atoms with E-state index in [1.54, 1.807) is 0 Å². The van der Waals surface area contributed by atoms with Crippen molar-refractivity contribution in [3.05, 3.63) is 22.3 Å². The van der Waals surface area contributed by atoms with E-state index in [9.17, 15) is 10.1 Å². The molecule has 1 atom stereocenters. The predicted molar refractivity (Wildman–Crippen MR) is 43.9 cm³/mol. The lowest BCUT2D eigenvalue weighted by atomic mass is 10.2. The van der Waals surface area contributed by atoms with Crippen molar-refractivity contribution in [2.24, 2.45) is 0 Å². The average Bonchev–Trinajstić information content (AvgIpc) is 2.39. The molecule has 0 aromatic carbocycles. The van der Waals surface area contributed by atoms with Crippen molar-refractivity contribution in [2.75, 3.05) is 6.54 Å². The molecule has 1 aliphatic rings. The number of nitro groups is 1. The highest BCUT2D eigenvalue weighted by atomic mass is 16.6. The van der Waals surface area contributed by atoms with Gasteiger partial charge in [-0.15, -0.1) is 0 Å². The first-order valence-corrected chi connectivity index (χ1v) is 3.76. The van der Waals surface area contributed by atoms with Crippen LogP contribution in [-0.4, -0.2) is 17.6 Å². The molecule has 1 fully saturated rings. The van der Waals surface area contributed by atoms with Gasteiger partial charge < -0.3 is 0 Å². The summed E-state index contributed by atoms with van der Waals surface area (Å²) in [6, 6.07) is 0. The number of rotatable bonds is 1. The summed E-state index contributed by atoms with van der Waals surface area (Å²) in [5.74, 6) is 0. The van der Waals surface area contributed by atoms with E-state index in [1.807, 2.05) is 13.8 Å².